The Morgan fingerprint density at radius 1 is 1.40 bits per heavy atom. The van der Waals surface area contributed by atoms with Crippen LogP contribution in [0.1, 0.15) is 4.88 Å². The van der Waals surface area contributed by atoms with Crippen molar-refractivity contribution in [1.82, 2.24) is 8.75 Å². The first kappa shape index (κ1) is 11.3. The van der Waals surface area contributed by atoms with Gasteiger partial charge in [-0.1, -0.05) is 11.6 Å². The fraction of sp³-hybridized carbons (Fsp3) is 0.250. The summed E-state index contributed by atoms with van der Waals surface area (Å²) in [6.07, 6.45) is 0.962. The van der Waals surface area contributed by atoms with E-state index < -0.39 is 0 Å². The molecule has 0 unspecified atom stereocenters. The van der Waals surface area contributed by atoms with Gasteiger partial charge >= 0.3 is 0 Å². The molecule has 0 bridgehead atoms. The van der Waals surface area contributed by atoms with Crippen molar-refractivity contribution in [2.24, 2.45) is 0 Å². The van der Waals surface area contributed by atoms with Crippen LogP contribution in [0.2, 0.25) is 5.15 Å². The van der Waals surface area contributed by atoms with Crippen molar-refractivity contribution >= 4 is 56.4 Å². The largest absolute Gasteiger partial charge is 0.366 e. The molecular weight excluding hydrogens is 318 g/mol. The van der Waals surface area contributed by atoms with Crippen LogP contribution >= 0.6 is 50.6 Å². The Bertz CT molecular complexity index is 443. The summed E-state index contributed by atoms with van der Waals surface area (Å²) in [6.45, 7) is 0.818. The number of nitrogens with zero attached hydrogens (tertiary/aromatic N) is 2. The van der Waals surface area contributed by atoms with E-state index in [1.54, 1.807) is 11.3 Å². The minimum Gasteiger partial charge on any atom is -0.366 e. The smallest absolute Gasteiger partial charge is 0.186 e. The zero-order chi connectivity index (χ0) is 10.7. The summed E-state index contributed by atoms with van der Waals surface area (Å²) in [5.74, 6) is 0.678. The van der Waals surface area contributed by atoms with Gasteiger partial charge in [-0.25, -0.2) is 0 Å². The molecule has 2 aromatic heterocycles. The molecule has 3 nitrogen and oxygen atoms in total. The Labute approximate surface area is 109 Å². The Balaban J connectivity index is 1.83. The average Bonchev–Trinajstić information content (AvgIpc) is 2.77. The average molecular weight is 325 g/mol. The molecule has 0 aliphatic carbocycles. The minimum atomic E-state index is 0.451. The molecule has 2 aromatic rings. The monoisotopic (exact) mass is 323 g/mol. The lowest BCUT2D eigenvalue weighted by atomic mass is 10.3. The zero-order valence-corrected chi connectivity index (χ0v) is 11.5. The van der Waals surface area contributed by atoms with Gasteiger partial charge in [0.05, 0.1) is 15.5 Å². The second-order valence-electron chi connectivity index (χ2n) is 2.79. The summed E-state index contributed by atoms with van der Waals surface area (Å²) in [5.41, 5.74) is 0. The number of hydrogen-bond donors (Lipinski definition) is 1. The lowest BCUT2D eigenvalue weighted by Crippen LogP contribution is -2.04. The van der Waals surface area contributed by atoms with Crippen molar-refractivity contribution in [3.8, 4) is 0 Å². The molecule has 0 aliphatic rings. The number of rotatable bonds is 4. The second kappa shape index (κ2) is 5.25. The van der Waals surface area contributed by atoms with Crippen LogP contribution in [0.15, 0.2) is 15.9 Å². The number of halogens is 2. The quantitative estimate of drug-likeness (QED) is 0.932. The minimum absolute atomic E-state index is 0.451. The van der Waals surface area contributed by atoms with Gasteiger partial charge in [0.1, 0.15) is 0 Å². The van der Waals surface area contributed by atoms with E-state index in [2.05, 4.69) is 42.1 Å². The van der Waals surface area contributed by atoms with Crippen LogP contribution in [0.4, 0.5) is 5.82 Å². The molecule has 0 saturated carbocycles. The maximum atomic E-state index is 5.80. The van der Waals surface area contributed by atoms with Gasteiger partial charge in [0, 0.05) is 11.4 Å². The van der Waals surface area contributed by atoms with Crippen LogP contribution in [0.3, 0.4) is 0 Å². The summed E-state index contributed by atoms with van der Waals surface area (Å²) in [4.78, 5) is 1.33. The topological polar surface area (TPSA) is 37.8 Å². The lowest BCUT2D eigenvalue weighted by molar-refractivity contribution is 1.04. The van der Waals surface area contributed by atoms with Crippen molar-refractivity contribution in [1.29, 1.82) is 0 Å². The van der Waals surface area contributed by atoms with Gasteiger partial charge in [0.2, 0.25) is 0 Å². The predicted octanol–water partition coefficient (Wildman–Crippen LogP) is 3.67. The number of anilines is 1. The van der Waals surface area contributed by atoms with Crippen molar-refractivity contribution in [2.45, 2.75) is 6.42 Å². The number of thiophene rings is 1. The van der Waals surface area contributed by atoms with Crippen LogP contribution in [0, 0.1) is 0 Å². The molecule has 0 aromatic carbocycles. The Morgan fingerprint density at radius 2 is 2.27 bits per heavy atom. The molecule has 0 spiro atoms. The van der Waals surface area contributed by atoms with Gasteiger partial charge in [-0.2, -0.15) is 8.75 Å². The zero-order valence-electron chi connectivity index (χ0n) is 7.54. The van der Waals surface area contributed by atoms with E-state index in [1.165, 1.54) is 4.88 Å². The van der Waals surface area contributed by atoms with E-state index in [0.29, 0.717) is 11.0 Å². The maximum absolute atomic E-state index is 5.80. The van der Waals surface area contributed by atoms with E-state index in [9.17, 15) is 0 Å². The highest BCUT2D eigenvalue weighted by Crippen LogP contribution is 2.23. The second-order valence-corrected chi connectivity index (χ2v) is 6.22. The van der Waals surface area contributed by atoms with Crippen molar-refractivity contribution in [3.63, 3.8) is 0 Å². The molecule has 0 atom stereocenters. The highest BCUT2D eigenvalue weighted by molar-refractivity contribution is 9.11. The van der Waals surface area contributed by atoms with Gasteiger partial charge in [0.25, 0.3) is 0 Å². The number of hydrogen-bond acceptors (Lipinski definition) is 5. The van der Waals surface area contributed by atoms with Crippen LogP contribution in [0.5, 0.6) is 0 Å². The van der Waals surface area contributed by atoms with Crippen LogP contribution < -0.4 is 5.32 Å². The lowest BCUT2D eigenvalue weighted by Gasteiger charge is -2.00. The first-order valence-electron chi connectivity index (χ1n) is 4.22. The molecule has 2 heterocycles. The Morgan fingerprint density at radius 3 is 2.87 bits per heavy atom. The standard InChI is InChI=1S/C8H7BrClN3S2/c9-6-2-1-5(14-6)3-4-11-8-7(10)12-15-13-8/h1-2H,3-4H2,(H,11,13). The fourth-order valence-corrected chi connectivity index (χ4v) is 3.24. The van der Waals surface area contributed by atoms with E-state index in [1.807, 2.05) is 0 Å². The van der Waals surface area contributed by atoms with Crippen molar-refractivity contribution in [3.05, 3.63) is 25.9 Å². The molecule has 80 valence electrons. The fourth-order valence-electron chi connectivity index (χ4n) is 1.07. The normalized spacial score (nSPS) is 10.5. The Hall–Kier alpha value is -0.170. The summed E-state index contributed by atoms with van der Waals surface area (Å²) in [5, 5.41) is 3.60. The highest BCUT2D eigenvalue weighted by Gasteiger charge is 2.04. The van der Waals surface area contributed by atoms with Crippen molar-refractivity contribution in [2.75, 3.05) is 11.9 Å². The van der Waals surface area contributed by atoms with Crippen molar-refractivity contribution < 1.29 is 0 Å². The number of nitrogens with one attached hydrogen (secondary N) is 1. The van der Waals surface area contributed by atoms with E-state index >= 15 is 0 Å². The summed E-state index contributed by atoms with van der Waals surface area (Å²) in [6, 6.07) is 4.16. The van der Waals surface area contributed by atoms with E-state index in [-0.39, 0.29) is 0 Å². The molecule has 0 saturated heterocycles. The third kappa shape index (κ3) is 3.14. The van der Waals surface area contributed by atoms with E-state index in [4.69, 9.17) is 11.6 Å². The van der Waals surface area contributed by atoms with E-state index in [0.717, 1.165) is 28.5 Å². The molecule has 0 aliphatic heterocycles. The molecule has 1 N–H and O–H groups in total. The highest BCUT2D eigenvalue weighted by atomic mass is 79.9. The molecular formula is C8H7BrClN3S2. The van der Waals surface area contributed by atoms with Gasteiger partial charge in [-0.05, 0) is 34.5 Å². The first-order valence-corrected chi connectivity index (χ1v) is 6.93. The van der Waals surface area contributed by atoms with Gasteiger partial charge in [-0.3, -0.25) is 0 Å². The molecule has 2 rings (SSSR count). The Kier molecular flexibility index (Phi) is 3.96. The van der Waals surface area contributed by atoms with Crippen LogP contribution in [-0.4, -0.2) is 15.3 Å². The summed E-state index contributed by atoms with van der Waals surface area (Å²) >= 11 is 12.1. The predicted molar refractivity (Wildman–Crippen MR) is 69.1 cm³/mol. The molecule has 15 heavy (non-hydrogen) atoms. The number of aromatic nitrogens is 2. The van der Waals surface area contributed by atoms with Crippen LogP contribution in [0.25, 0.3) is 0 Å². The third-order valence-corrected chi connectivity index (χ3v) is 4.32. The first-order chi connectivity index (χ1) is 7.25. The summed E-state index contributed by atoms with van der Waals surface area (Å²) < 4.78 is 9.07. The summed E-state index contributed by atoms with van der Waals surface area (Å²) in [7, 11) is 0. The third-order valence-electron chi connectivity index (χ3n) is 1.74. The SMILES string of the molecule is Clc1nsnc1NCCc1ccc(Br)s1. The van der Waals surface area contributed by atoms with Crippen LogP contribution in [-0.2, 0) is 6.42 Å². The molecule has 0 fully saturated rings. The van der Waals surface area contributed by atoms with Gasteiger partial charge in [-0.15, -0.1) is 11.3 Å². The van der Waals surface area contributed by atoms with Gasteiger partial charge in [0.15, 0.2) is 11.0 Å². The maximum Gasteiger partial charge on any atom is 0.186 e. The molecule has 7 heteroatoms. The molecule has 0 radical (unpaired) electrons. The van der Waals surface area contributed by atoms with Gasteiger partial charge < -0.3 is 5.32 Å². The molecule has 0 amide bonds.